The van der Waals surface area contributed by atoms with Gasteiger partial charge in [-0.05, 0) is 36.1 Å². The Balaban J connectivity index is 2.44. The van der Waals surface area contributed by atoms with Crippen molar-refractivity contribution in [2.75, 3.05) is 4.72 Å². The molecule has 1 aromatic carbocycles. The summed E-state index contributed by atoms with van der Waals surface area (Å²) in [4.78, 5) is 3.91. The topological polar surface area (TPSA) is 59.1 Å². The summed E-state index contributed by atoms with van der Waals surface area (Å²) in [6, 6.07) is 10.7. The van der Waals surface area contributed by atoms with Gasteiger partial charge >= 0.3 is 0 Å². The van der Waals surface area contributed by atoms with Gasteiger partial charge in [0.1, 0.15) is 0 Å². The number of hydrogen-bond donors (Lipinski definition) is 1. The molecule has 0 aliphatic heterocycles. The monoisotopic (exact) mass is 290 g/mol. The highest BCUT2D eigenvalue weighted by Crippen LogP contribution is 2.25. The van der Waals surface area contributed by atoms with Crippen LogP contribution in [-0.2, 0) is 22.9 Å². The van der Waals surface area contributed by atoms with Crippen LogP contribution < -0.4 is 4.72 Å². The van der Waals surface area contributed by atoms with Gasteiger partial charge in [-0.15, -0.1) is 0 Å². The summed E-state index contributed by atoms with van der Waals surface area (Å²) in [7, 11) is -3.64. The fourth-order valence-electron chi connectivity index (χ4n) is 2.07. The van der Waals surface area contributed by atoms with Gasteiger partial charge in [0.05, 0.1) is 5.69 Å². The van der Waals surface area contributed by atoms with Crippen LogP contribution in [-0.4, -0.2) is 13.4 Å². The predicted octanol–water partition coefficient (Wildman–Crippen LogP) is 3.01. The zero-order valence-electron chi connectivity index (χ0n) is 11.6. The largest absolute Gasteiger partial charge is 0.279 e. The minimum atomic E-state index is -3.64. The van der Waals surface area contributed by atoms with Crippen molar-refractivity contribution in [3.8, 4) is 0 Å². The second-order valence-electron chi connectivity index (χ2n) is 4.43. The Hall–Kier alpha value is -1.88. The second-order valence-corrected chi connectivity index (χ2v) is 6.06. The minimum Gasteiger partial charge on any atom is -0.278 e. The van der Waals surface area contributed by atoms with Crippen molar-refractivity contribution >= 4 is 15.7 Å². The highest BCUT2D eigenvalue weighted by atomic mass is 32.2. The first kappa shape index (κ1) is 14.5. The predicted molar refractivity (Wildman–Crippen MR) is 80.2 cm³/mol. The molecule has 0 saturated carbocycles. The third-order valence-electron chi connectivity index (χ3n) is 3.15. The average Bonchev–Trinajstić information content (AvgIpc) is 2.48. The molecule has 0 saturated heterocycles. The van der Waals surface area contributed by atoms with Crippen molar-refractivity contribution in [1.29, 1.82) is 0 Å². The summed E-state index contributed by atoms with van der Waals surface area (Å²) in [6.45, 7) is 4.01. The molecule has 4 nitrogen and oxygen atoms in total. The first-order valence-electron chi connectivity index (χ1n) is 6.63. The van der Waals surface area contributed by atoms with Crippen LogP contribution in [0, 0.1) is 0 Å². The number of sulfonamides is 1. The zero-order valence-corrected chi connectivity index (χ0v) is 12.4. The molecule has 0 radical (unpaired) electrons. The number of anilines is 1. The number of pyridine rings is 1. The number of nitrogens with zero attached hydrogens (tertiary/aromatic N) is 1. The lowest BCUT2D eigenvalue weighted by Crippen LogP contribution is -2.16. The van der Waals surface area contributed by atoms with Crippen LogP contribution in [0.5, 0.6) is 0 Å². The van der Waals surface area contributed by atoms with E-state index in [0.717, 1.165) is 24.0 Å². The number of nitrogens with one attached hydrogen (secondary N) is 1. The maximum atomic E-state index is 12.4. The van der Waals surface area contributed by atoms with Crippen LogP contribution in [0.3, 0.4) is 0 Å². The van der Waals surface area contributed by atoms with Crippen LogP contribution in [0.2, 0.25) is 0 Å². The van der Waals surface area contributed by atoms with E-state index in [1.54, 1.807) is 12.1 Å². The van der Waals surface area contributed by atoms with E-state index in [1.165, 1.54) is 12.3 Å². The molecular formula is C15H18N2O2S. The van der Waals surface area contributed by atoms with Gasteiger partial charge in [-0.1, -0.05) is 38.1 Å². The number of rotatable bonds is 5. The van der Waals surface area contributed by atoms with Gasteiger partial charge in [0.2, 0.25) is 0 Å². The standard InChI is InChI=1S/C15H18N2O2S/c1-3-12-8-7-9-13(4-2)15(12)17-20(18,19)14-10-5-6-11-16-14/h5-11,17H,3-4H2,1-2H3. The molecule has 0 aliphatic carbocycles. The van der Waals surface area contributed by atoms with Gasteiger partial charge in [0.25, 0.3) is 10.0 Å². The van der Waals surface area contributed by atoms with Crippen molar-refractivity contribution in [3.05, 3.63) is 53.7 Å². The Kier molecular flexibility index (Phi) is 4.39. The molecular weight excluding hydrogens is 272 g/mol. The molecule has 0 atom stereocenters. The van der Waals surface area contributed by atoms with E-state index >= 15 is 0 Å². The Morgan fingerprint density at radius 2 is 1.65 bits per heavy atom. The number of hydrogen-bond acceptors (Lipinski definition) is 3. The lowest BCUT2D eigenvalue weighted by molar-refractivity contribution is 0.597. The summed E-state index contributed by atoms with van der Waals surface area (Å²) in [5.41, 5.74) is 2.66. The molecule has 0 bridgehead atoms. The molecule has 0 aliphatic rings. The summed E-state index contributed by atoms with van der Waals surface area (Å²) in [5, 5.41) is 0.0351. The minimum absolute atomic E-state index is 0.0351. The first-order valence-corrected chi connectivity index (χ1v) is 8.11. The molecule has 0 unspecified atom stereocenters. The van der Waals surface area contributed by atoms with Crippen LogP contribution >= 0.6 is 0 Å². The fourth-order valence-corrected chi connectivity index (χ4v) is 3.16. The molecule has 20 heavy (non-hydrogen) atoms. The molecule has 2 rings (SSSR count). The molecule has 0 amide bonds. The molecule has 106 valence electrons. The Bertz CT molecular complexity index is 660. The normalized spacial score (nSPS) is 11.3. The van der Waals surface area contributed by atoms with Crippen LogP contribution in [0.4, 0.5) is 5.69 Å². The van der Waals surface area contributed by atoms with E-state index in [0.29, 0.717) is 5.69 Å². The van der Waals surface area contributed by atoms with Crippen LogP contribution in [0.15, 0.2) is 47.6 Å². The number of para-hydroxylation sites is 1. The lowest BCUT2D eigenvalue weighted by atomic mass is 10.0. The summed E-state index contributed by atoms with van der Waals surface area (Å²) in [5.74, 6) is 0. The SMILES string of the molecule is CCc1cccc(CC)c1NS(=O)(=O)c1ccccn1. The van der Waals surface area contributed by atoms with Crippen molar-refractivity contribution in [2.45, 2.75) is 31.7 Å². The number of aromatic nitrogens is 1. The maximum absolute atomic E-state index is 12.4. The Morgan fingerprint density at radius 1 is 1.00 bits per heavy atom. The third kappa shape index (κ3) is 2.99. The molecule has 2 aromatic rings. The average molecular weight is 290 g/mol. The third-order valence-corrected chi connectivity index (χ3v) is 4.41. The van der Waals surface area contributed by atoms with Crippen LogP contribution in [0.25, 0.3) is 0 Å². The zero-order chi connectivity index (χ0) is 14.6. The van der Waals surface area contributed by atoms with Crippen molar-refractivity contribution < 1.29 is 8.42 Å². The van der Waals surface area contributed by atoms with Crippen LogP contribution in [0.1, 0.15) is 25.0 Å². The smallest absolute Gasteiger partial charge is 0.278 e. The molecule has 1 aromatic heterocycles. The van der Waals surface area contributed by atoms with E-state index in [9.17, 15) is 8.42 Å². The van der Waals surface area contributed by atoms with Gasteiger partial charge in [-0.2, -0.15) is 8.42 Å². The van der Waals surface area contributed by atoms with Crippen molar-refractivity contribution in [1.82, 2.24) is 4.98 Å². The van der Waals surface area contributed by atoms with E-state index in [2.05, 4.69) is 9.71 Å². The van der Waals surface area contributed by atoms with E-state index in [4.69, 9.17) is 0 Å². The van der Waals surface area contributed by atoms with Gasteiger partial charge in [-0.25, -0.2) is 4.98 Å². The molecule has 0 fully saturated rings. The van der Waals surface area contributed by atoms with Gasteiger partial charge in [0.15, 0.2) is 5.03 Å². The molecule has 1 N–H and O–H groups in total. The Morgan fingerprint density at radius 3 is 2.15 bits per heavy atom. The summed E-state index contributed by atoms with van der Waals surface area (Å²) >= 11 is 0. The second kappa shape index (κ2) is 6.05. The summed E-state index contributed by atoms with van der Waals surface area (Å²) in [6.07, 6.45) is 3.02. The number of aryl methyl sites for hydroxylation is 2. The lowest BCUT2D eigenvalue weighted by Gasteiger charge is -2.15. The van der Waals surface area contributed by atoms with E-state index in [-0.39, 0.29) is 5.03 Å². The molecule has 1 heterocycles. The molecule has 5 heteroatoms. The fraction of sp³-hybridized carbons (Fsp3) is 0.267. The molecule has 0 spiro atoms. The number of benzene rings is 1. The Labute approximate surface area is 119 Å². The quantitative estimate of drug-likeness (QED) is 0.921. The highest BCUT2D eigenvalue weighted by Gasteiger charge is 2.18. The van der Waals surface area contributed by atoms with Gasteiger partial charge < -0.3 is 0 Å². The van der Waals surface area contributed by atoms with Gasteiger partial charge in [-0.3, -0.25) is 4.72 Å². The first-order chi connectivity index (χ1) is 9.58. The van der Waals surface area contributed by atoms with Crippen molar-refractivity contribution in [2.24, 2.45) is 0 Å². The highest BCUT2D eigenvalue weighted by molar-refractivity contribution is 7.92. The van der Waals surface area contributed by atoms with E-state index in [1.807, 2.05) is 32.0 Å². The maximum Gasteiger partial charge on any atom is 0.279 e. The van der Waals surface area contributed by atoms with Gasteiger partial charge in [0, 0.05) is 6.20 Å². The summed E-state index contributed by atoms with van der Waals surface area (Å²) < 4.78 is 27.4. The van der Waals surface area contributed by atoms with E-state index < -0.39 is 10.0 Å². The van der Waals surface area contributed by atoms with Crippen molar-refractivity contribution in [3.63, 3.8) is 0 Å².